The lowest BCUT2D eigenvalue weighted by Crippen LogP contribution is -2.41. The van der Waals surface area contributed by atoms with Crippen LogP contribution in [0.1, 0.15) is 50.2 Å². The molecule has 1 saturated heterocycles. The van der Waals surface area contributed by atoms with Crippen molar-refractivity contribution in [1.82, 2.24) is 14.8 Å². The minimum absolute atomic E-state index is 0.379. The van der Waals surface area contributed by atoms with Gasteiger partial charge in [0, 0.05) is 17.4 Å². The molecule has 0 unspecified atom stereocenters. The summed E-state index contributed by atoms with van der Waals surface area (Å²) in [7, 11) is -0.422. The first-order chi connectivity index (χ1) is 13.7. The topological polar surface area (TPSA) is 49.2 Å². The van der Waals surface area contributed by atoms with Crippen molar-refractivity contribution < 1.29 is 9.31 Å². The number of hydrogen-bond donors (Lipinski definition) is 0. The van der Waals surface area contributed by atoms with Crippen LogP contribution < -0.4 is 5.46 Å². The van der Waals surface area contributed by atoms with Gasteiger partial charge in [-0.15, -0.1) is 0 Å². The highest BCUT2D eigenvalue weighted by molar-refractivity contribution is 6.63. The zero-order chi connectivity index (χ0) is 20.8. The van der Waals surface area contributed by atoms with E-state index in [1.165, 1.54) is 5.56 Å². The predicted molar refractivity (Wildman–Crippen MR) is 116 cm³/mol. The zero-order valence-corrected chi connectivity index (χ0v) is 18.1. The predicted octanol–water partition coefficient (Wildman–Crippen LogP) is 3.77. The van der Waals surface area contributed by atoms with Gasteiger partial charge in [-0.05, 0) is 65.2 Å². The maximum absolute atomic E-state index is 6.27. The van der Waals surface area contributed by atoms with Gasteiger partial charge in [0.2, 0.25) is 0 Å². The fourth-order valence-electron chi connectivity index (χ4n) is 3.73. The highest BCUT2D eigenvalue weighted by Gasteiger charge is 2.53. The first-order valence-electron chi connectivity index (χ1n) is 10.1. The van der Waals surface area contributed by atoms with Crippen molar-refractivity contribution in [3.8, 4) is 5.69 Å². The molecule has 0 amide bonds. The molecule has 1 aliphatic rings. The molecule has 29 heavy (non-hydrogen) atoms. The van der Waals surface area contributed by atoms with Gasteiger partial charge in [-0.1, -0.05) is 30.3 Å². The number of rotatable bonds is 4. The van der Waals surface area contributed by atoms with Crippen molar-refractivity contribution in [2.24, 2.45) is 0 Å². The maximum Gasteiger partial charge on any atom is 0.498 e. The van der Waals surface area contributed by atoms with Crippen LogP contribution in [0.5, 0.6) is 0 Å². The number of benzene rings is 1. The van der Waals surface area contributed by atoms with E-state index < -0.39 is 7.12 Å². The molecule has 1 aliphatic heterocycles. The Labute approximate surface area is 173 Å². The van der Waals surface area contributed by atoms with E-state index >= 15 is 0 Å². The second-order valence-electron chi connectivity index (χ2n) is 8.80. The Hall–Kier alpha value is -2.44. The van der Waals surface area contributed by atoms with Crippen LogP contribution >= 0.6 is 0 Å². The zero-order valence-electron chi connectivity index (χ0n) is 18.1. The van der Waals surface area contributed by atoms with E-state index in [2.05, 4.69) is 69.9 Å². The Balaban J connectivity index is 1.66. The number of nitrogens with zero attached hydrogens (tertiary/aromatic N) is 3. The fourth-order valence-corrected chi connectivity index (χ4v) is 3.73. The standard InChI is InChI=1S/C23H28BN3O2/c1-16-21(24-28-22(3,4)23(5,6)29-24)17(2)27(26-16)20-13-19(14-25-15-20)12-18-10-8-7-9-11-18/h7-11,13-15H,12H2,1-6H3. The van der Waals surface area contributed by atoms with E-state index in [0.717, 1.165) is 34.5 Å². The van der Waals surface area contributed by atoms with Crippen LogP contribution in [-0.4, -0.2) is 33.1 Å². The Morgan fingerprint density at radius 3 is 2.24 bits per heavy atom. The van der Waals surface area contributed by atoms with Crippen molar-refractivity contribution in [2.75, 3.05) is 0 Å². The van der Waals surface area contributed by atoms with Gasteiger partial charge in [-0.25, -0.2) is 4.68 Å². The molecule has 1 aromatic carbocycles. The summed E-state index contributed by atoms with van der Waals surface area (Å²) in [6.07, 6.45) is 4.60. The number of aryl methyl sites for hydroxylation is 1. The normalized spacial score (nSPS) is 17.7. The third kappa shape index (κ3) is 3.63. The van der Waals surface area contributed by atoms with Crippen LogP contribution in [0.15, 0.2) is 48.8 Å². The lowest BCUT2D eigenvalue weighted by atomic mass is 9.77. The third-order valence-electron chi connectivity index (χ3n) is 6.11. The SMILES string of the molecule is Cc1nn(-c2cncc(Cc3ccccc3)c2)c(C)c1B1OC(C)(C)C(C)(C)O1. The van der Waals surface area contributed by atoms with Gasteiger partial charge in [0.05, 0.1) is 28.8 Å². The molecule has 2 aromatic heterocycles. The first kappa shape index (κ1) is 19.9. The third-order valence-corrected chi connectivity index (χ3v) is 6.11. The summed E-state index contributed by atoms with van der Waals surface area (Å²) in [5, 5.41) is 4.79. The van der Waals surface area contributed by atoms with Gasteiger partial charge in [-0.2, -0.15) is 5.10 Å². The van der Waals surface area contributed by atoms with Gasteiger partial charge < -0.3 is 9.31 Å². The van der Waals surface area contributed by atoms with Gasteiger partial charge in [-0.3, -0.25) is 4.98 Å². The second kappa shape index (κ2) is 7.11. The molecule has 150 valence electrons. The summed E-state index contributed by atoms with van der Waals surface area (Å²) in [6.45, 7) is 12.3. The summed E-state index contributed by atoms with van der Waals surface area (Å²) in [4.78, 5) is 4.46. The molecular weight excluding hydrogens is 361 g/mol. The molecule has 3 heterocycles. The lowest BCUT2D eigenvalue weighted by Gasteiger charge is -2.32. The molecule has 4 rings (SSSR count). The molecule has 0 atom stereocenters. The highest BCUT2D eigenvalue weighted by Crippen LogP contribution is 2.37. The molecule has 0 N–H and O–H groups in total. The van der Waals surface area contributed by atoms with E-state index in [-0.39, 0.29) is 11.2 Å². The van der Waals surface area contributed by atoms with Crippen molar-refractivity contribution in [2.45, 2.75) is 59.2 Å². The molecular formula is C23H28BN3O2. The molecule has 0 radical (unpaired) electrons. The maximum atomic E-state index is 6.27. The van der Waals surface area contributed by atoms with E-state index in [0.29, 0.717) is 0 Å². The Kier molecular flexibility index (Phi) is 4.87. The van der Waals surface area contributed by atoms with Crippen molar-refractivity contribution in [1.29, 1.82) is 0 Å². The smallest absolute Gasteiger partial charge is 0.399 e. The average Bonchev–Trinajstić information content (AvgIpc) is 3.07. The Morgan fingerprint density at radius 2 is 1.59 bits per heavy atom. The second-order valence-corrected chi connectivity index (χ2v) is 8.80. The largest absolute Gasteiger partial charge is 0.498 e. The van der Waals surface area contributed by atoms with E-state index in [1.54, 1.807) is 0 Å². The summed E-state index contributed by atoms with van der Waals surface area (Å²) in [5.74, 6) is 0. The molecule has 0 spiro atoms. The van der Waals surface area contributed by atoms with Crippen LogP contribution in [-0.2, 0) is 15.7 Å². The fraction of sp³-hybridized carbons (Fsp3) is 0.391. The molecule has 0 bridgehead atoms. The molecule has 0 aliphatic carbocycles. The molecule has 0 saturated carbocycles. The summed E-state index contributed by atoms with van der Waals surface area (Å²) in [5.41, 5.74) is 5.52. The van der Waals surface area contributed by atoms with Crippen molar-refractivity contribution >= 4 is 12.6 Å². The minimum Gasteiger partial charge on any atom is -0.399 e. The quantitative estimate of drug-likeness (QED) is 0.638. The lowest BCUT2D eigenvalue weighted by molar-refractivity contribution is 0.00578. The van der Waals surface area contributed by atoms with Gasteiger partial charge >= 0.3 is 7.12 Å². The Morgan fingerprint density at radius 1 is 0.931 bits per heavy atom. The van der Waals surface area contributed by atoms with Crippen LogP contribution in [0.3, 0.4) is 0 Å². The van der Waals surface area contributed by atoms with Crippen molar-refractivity contribution in [3.63, 3.8) is 0 Å². The van der Waals surface area contributed by atoms with Crippen LogP contribution in [0.4, 0.5) is 0 Å². The van der Waals surface area contributed by atoms with Crippen LogP contribution in [0.25, 0.3) is 5.69 Å². The van der Waals surface area contributed by atoms with Crippen LogP contribution in [0.2, 0.25) is 0 Å². The van der Waals surface area contributed by atoms with Gasteiger partial charge in [0.1, 0.15) is 0 Å². The summed E-state index contributed by atoms with van der Waals surface area (Å²) >= 11 is 0. The highest BCUT2D eigenvalue weighted by atomic mass is 16.7. The molecule has 1 fully saturated rings. The number of aromatic nitrogens is 3. The summed E-state index contributed by atoms with van der Waals surface area (Å²) in [6, 6.07) is 12.6. The average molecular weight is 389 g/mol. The van der Waals surface area contributed by atoms with Crippen molar-refractivity contribution in [3.05, 3.63) is 71.3 Å². The molecule has 3 aromatic rings. The first-order valence-corrected chi connectivity index (χ1v) is 10.1. The van der Waals surface area contributed by atoms with Gasteiger partial charge in [0.15, 0.2) is 0 Å². The summed E-state index contributed by atoms with van der Waals surface area (Å²) < 4.78 is 14.5. The Bertz CT molecular complexity index is 1010. The molecule has 5 nitrogen and oxygen atoms in total. The van der Waals surface area contributed by atoms with E-state index in [4.69, 9.17) is 14.4 Å². The van der Waals surface area contributed by atoms with Gasteiger partial charge in [0.25, 0.3) is 0 Å². The van der Waals surface area contributed by atoms with E-state index in [9.17, 15) is 0 Å². The van der Waals surface area contributed by atoms with Crippen LogP contribution in [0, 0.1) is 13.8 Å². The minimum atomic E-state index is -0.422. The van der Waals surface area contributed by atoms with E-state index in [1.807, 2.05) is 30.1 Å². The number of pyridine rings is 1. The number of hydrogen-bond acceptors (Lipinski definition) is 4. The monoisotopic (exact) mass is 389 g/mol. The molecule has 6 heteroatoms.